The average molecular weight is 547 g/mol. The van der Waals surface area contributed by atoms with Crippen LogP contribution in [0.3, 0.4) is 0 Å². The van der Waals surface area contributed by atoms with E-state index in [9.17, 15) is 0 Å². The fourth-order valence-corrected chi connectivity index (χ4v) is 3.30. The first-order valence-corrected chi connectivity index (χ1v) is 10.3. The van der Waals surface area contributed by atoms with E-state index in [1.807, 2.05) is 54.7 Å². The van der Waals surface area contributed by atoms with Gasteiger partial charge in [-0.15, -0.1) is 0 Å². The molecule has 0 aliphatic heterocycles. The quantitative estimate of drug-likeness (QED) is 0.273. The van der Waals surface area contributed by atoms with Crippen LogP contribution in [0.1, 0.15) is 0 Å². The minimum atomic E-state index is 0.789. The van der Waals surface area contributed by atoms with Gasteiger partial charge in [-0.1, -0.05) is 6.07 Å². The molecule has 0 bridgehead atoms. The molecule has 0 aromatic carbocycles. The van der Waals surface area contributed by atoms with E-state index in [2.05, 4.69) is 62.7 Å². The van der Waals surface area contributed by atoms with Gasteiger partial charge in [0.1, 0.15) is 13.8 Å². The van der Waals surface area contributed by atoms with Crippen LogP contribution in [0.5, 0.6) is 0 Å². The predicted molar refractivity (Wildman–Crippen MR) is 117 cm³/mol. The molecule has 7 heteroatoms. The van der Waals surface area contributed by atoms with Gasteiger partial charge < -0.3 is 0 Å². The zero-order chi connectivity index (χ0) is 18.8. The monoisotopic (exact) mass is 544 g/mol. The molecule has 0 radical (unpaired) electrons. The highest BCUT2D eigenvalue weighted by molar-refractivity contribution is 9.11. The molecule has 0 saturated heterocycles. The van der Waals surface area contributed by atoms with Crippen molar-refractivity contribution in [3.8, 4) is 33.6 Å². The van der Waals surface area contributed by atoms with Gasteiger partial charge in [-0.25, -0.2) is 19.9 Å². The lowest BCUT2D eigenvalue weighted by Crippen LogP contribution is -1.93. The number of hydrogen-bond donors (Lipinski definition) is 0. The van der Waals surface area contributed by atoms with Gasteiger partial charge in [-0.2, -0.15) is 0 Å². The van der Waals surface area contributed by atoms with Crippen LogP contribution in [-0.4, -0.2) is 19.9 Å². The second kappa shape index (κ2) is 7.96. The third-order valence-corrected chi connectivity index (χ3v) is 5.34. The van der Waals surface area contributed by atoms with Crippen molar-refractivity contribution in [3.63, 3.8) is 0 Å². The standard InChI is InChI=1S/C20H11Br3N4/c21-18-4-1-12(9-24-18)15-7-16(13-2-5-19(22)25-10-13)27-17(8-15)14-3-6-20(23)26-11-14/h1-11H. The number of pyridine rings is 4. The van der Waals surface area contributed by atoms with Crippen molar-refractivity contribution in [3.05, 3.63) is 80.9 Å². The predicted octanol–water partition coefficient (Wildman–Crippen LogP) is 6.56. The molecule has 4 nitrogen and oxygen atoms in total. The van der Waals surface area contributed by atoms with Gasteiger partial charge in [0.05, 0.1) is 11.4 Å². The molecule has 0 spiro atoms. The van der Waals surface area contributed by atoms with Gasteiger partial charge in [0.2, 0.25) is 0 Å². The molecule has 0 unspecified atom stereocenters. The lowest BCUT2D eigenvalue weighted by atomic mass is 10.0. The summed E-state index contributed by atoms with van der Waals surface area (Å²) in [5.41, 5.74) is 5.61. The summed E-state index contributed by atoms with van der Waals surface area (Å²) < 4.78 is 2.38. The van der Waals surface area contributed by atoms with E-state index in [1.54, 1.807) is 12.4 Å². The highest BCUT2D eigenvalue weighted by atomic mass is 79.9. The van der Waals surface area contributed by atoms with E-state index in [0.717, 1.165) is 47.5 Å². The number of aromatic nitrogens is 4. The van der Waals surface area contributed by atoms with Crippen molar-refractivity contribution in [1.82, 2.24) is 19.9 Å². The largest absolute Gasteiger partial charge is 0.249 e. The topological polar surface area (TPSA) is 51.6 Å². The minimum absolute atomic E-state index is 0.789. The lowest BCUT2D eigenvalue weighted by molar-refractivity contribution is 1.23. The second-order valence-electron chi connectivity index (χ2n) is 5.74. The summed E-state index contributed by atoms with van der Waals surface area (Å²) in [6.45, 7) is 0. The Morgan fingerprint density at radius 2 is 0.889 bits per heavy atom. The second-order valence-corrected chi connectivity index (χ2v) is 8.17. The molecule has 4 rings (SSSR count). The normalized spacial score (nSPS) is 10.8. The van der Waals surface area contributed by atoms with E-state index < -0.39 is 0 Å². The molecule has 0 atom stereocenters. The van der Waals surface area contributed by atoms with Gasteiger partial charge in [-0.3, -0.25) is 0 Å². The summed E-state index contributed by atoms with van der Waals surface area (Å²) in [6, 6.07) is 15.9. The molecule has 0 N–H and O–H groups in total. The van der Waals surface area contributed by atoms with Crippen LogP contribution in [0.2, 0.25) is 0 Å². The van der Waals surface area contributed by atoms with E-state index >= 15 is 0 Å². The van der Waals surface area contributed by atoms with E-state index in [0.29, 0.717) is 0 Å². The van der Waals surface area contributed by atoms with Crippen molar-refractivity contribution in [1.29, 1.82) is 0 Å². The van der Waals surface area contributed by atoms with Crippen LogP contribution < -0.4 is 0 Å². The summed E-state index contributed by atoms with van der Waals surface area (Å²) in [6.07, 6.45) is 5.45. The minimum Gasteiger partial charge on any atom is -0.249 e. The van der Waals surface area contributed by atoms with Gasteiger partial charge in [-0.05, 0) is 95.8 Å². The summed E-state index contributed by atoms with van der Waals surface area (Å²) in [4.78, 5) is 17.8. The maximum Gasteiger partial charge on any atom is 0.106 e. The van der Waals surface area contributed by atoms with Gasteiger partial charge >= 0.3 is 0 Å². The molecular weight excluding hydrogens is 536 g/mol. The molecule has 27 heavy (non-hydrogen) atoms. The molecule has 0 aliphatic rings. The summed E-state index contributed by atoms with van der Waals surface area (Å²) >= 11 is 10.1. The Morgan fingerprint density at radius 3 is 1.26 bits per heavy atom. The van der Waals surface area contributed by atoms with Crippen molar-refractivity contribution >= 4 is 47.8 Å². The molecule has 132 valence electrons. The first kappa shape index (κ1) is 18.4. The summed E-state index contributed by atoms with van der Waals surface area (Å²) in [5.74, 6) is 0. The summed E-state index contributed by atoms with van der Waals surface area (Å²) in [7, 11) is 0. The Hall–Kier alpha value is -1.96. The van der Waals surface area contributed by atoms with Crippen molar-refractivity contribution < 1.29 is 0 Å². The smallest absolute Gasteiger partial charge is 0.106 e. The maximum atomic E-state index is 4.84. The Morgan fingerprint density at radius 1 is 0.481 bits per heavy atom. The lowest BCUT2D eigenvalue weighted by Gasteiger charge is -2.10. The van der Waals surface area contributed by atoms with Crippen molar-refractivity contribution in [2.45, 2.75) is 0 Å². The number of hydrogen-bond acceptors (Lipinski definition) is 4. The van der Waals surface area contributed by atoms with Crippen LogP contribution in [0.25, 0.3) is 33.6 Å². The molecule has 0 aliphatic carbocycles. The Bertz CT molecular complexity index is 926. The van der Waals surface area contributed by atoms with Crippen molar-refractivity contribution in [2.24, 2.45) is 0 Å². The third-order valence-electron chi connectivity index (χ3n) is 3.93. The fourth-order valence-electron chi connectivity index (χ4n) is 2.59. The molecule has 0 saturated carbocycles. The van der Waals surface area contributed by atoms with Crippen LogP contribution in [0, 0.1) is 0 Å². The first-order chi connectivity index (χ1) is 13.1. The Kier molecular flexibility index (Phi) is 5.43. The maximum absolute atomic E-state index is 4.84. The number of halogens is 3. The van der Waals surface area contributed by atoms with Gasteiger partial charge in [0.25, 0.3) is 0 Å². The SMILES string of the molecule is Brc1ccc(-c2cc(-c3ccc(Br)nc3)nc(-c3ccc(Br)nc3)c2)cn1. The molecule has 4 aromatic heterocycles. The molecule has 0 fully saturated rings. The van der Waals surface area contributed by atoms with E-state index in [1.165, 1.54) is 0 Å². The van der Waals surface area contributed by atoms with E-state index in [-0.39, 0.29) is 0 Å². The highest BCUT2D eigenvalue weighted by Gasteiger charge is 2.10. The third kappa shape index (κ3) is 4.31. The molecular formula is C20H11Br3N4. The van der Waals surface area contributed by atoms with Gasteiger partial charge in [0.15, 0.2) is 0 Å². The zero-order valence-corrected chi connectivity index (χ0v) is 18.5. The average Bonchev–Trinajstić information content (AvgIpc) is 2.69. The van der Waals surface area contributed by atoms with Crippen LogP contribution in [0.15, 0.2) is 80.9 Å². The highest BCUT2D eigenvalue weighted by Crippen LogP contribution is 2.30. The Balaban J connectivity index is 1.89. The Labute approximate surface area is 181 Å². The van der Waals surface area contributed by atoms with Crippen molar-refractivity contribution in [2.75, 3.05) is 0 Å². The van der Waals surface area contributed by atoms with Crippen LogP contribution >= 0.6 is 47.8 Å². The summed E-state index contributed by atoms with van der Waals surface area (Å²) in [5, 5.41) is 0. The zero-order valence-electron chi connectivity index (χ0n) is 13.8. The molecule has 4 heterocycles. The van der Waals surface area contributed by atoms with Crippen LogP contribution in [-0.2, 0) is 0 Å². The first-order valence-electron chi connectivity index (χ1n) is 7.96. The van der Waals surface area contributed by atoms with Crippen LogP contribution in [0.4, 0.5) is 0 Å². The van der Waals surface area contributed by atoms with E-state index in [4.69, 9.17) is 4.98 Å². The molecule has 0 amide bonds. The number of rotatable bonds is 3. The molecule has 4 aromatic rings. The fraction of sp³-hybridized carbons (Fsp3) is 0. The number of nitrogens with zero attached hydrogens (tertiary/aromatic N) is 4. The van der Waals surface area contributed by atoms with Gasteiger partial charge in [0, 0.05) is 35.3 Å².